The molecular formula is C25H29N3O4S2. The van der Waals surface area contributed by atoms with Crippen molar-refractivity contribution in [2.24, 2.45) is 0 Å². The topological polar surface area (TPSA) is 86.8 Å². The molecule has 2 aromatic rings. The lowest BCUT2D eigenvalue weighted by atomic mass is 9.90. The van der Waals surface area contributed by atoms with Crippen molar-refractivity contribution in [2.45, 2.75) is 54.7 Å². The summed E-state index contributed by atoms with van der Waals surface area (Å²) < 4.78 is 27.9. The number of thioether (sulfide) groups is 1. The molecule has 2 heterocycles. The third kappa shape index (κ3) is 4.61. The molecule has 0 spiro atoms. The fraction of sp³-hybridized carbons (Fsp3) is 0.440. The molecule has 1 aliphatic carbocycles. The number of rotatable bonds is 5. The lowest BCUT2D eigenvalue weighted by molar-refractivity contribution is -0.120. The molecule has 0 atom stereocenters. The minimum absolute atomic E-state index is 0.150. The van der Waals surface area contributed by atoms with Gasteiger partial charge in [-0.05, 0) is 73.9 Å². The molecule has 2 aromatic carbocycles. The van der Waals surface area contributed by atoms with Crippen LogP contribution in [0.1, 0.15) is 43.2 Å². The van der Waals surface area contributed by atoms with Crippen molar-refractivity contribution < 1.29 is 18.0 Å². The minimum Gasteiger partial charge on any atom is -0.324 e. The SMILES string of the molecule is O=C(CN1C(=O)CSc2ccc(S(=O)(=O)N3CCCCC3)cc21)Nc1cccc2c1CCCC2. The van der Waals surface area contributed by atoms with Gasteiger partial charge in [0.25, 0.3) is 0 Å². The van der Waals surface area contributed by atoms with Crippen LogP contribution in [0.3, 0.4) is 0 Å². The number of fused-ring (bicyclic) bond motifs is 2. The molecule has 1 saturated heterocycles. The van der Waals surface area contributed by atoms with Gasteiger partial charge in [-0.2, -0.15) is 4.31 Å². The van der Waals surface area contributed by atoms with Crippen LogP contribution in [-0.2, 0) is 32.5 Å². The van der Waals surface area contributed by atoms with E-state index < -0.39 is 10.0 Å². The first kappa shape index (κ1) is 23.4. The molecule has 0 saturated carbocycles. The average molecular weight is 500 g/mol. The quantitative estimate of drug-likeness (QED) is 0.676. The maximum Gasteiger partial charge on any atom is 0.244 e. The van der Waals surface area contributed by atoms with E-state index in [0.717, 1.165) is 55.5 Å². The third-order valence-electron chi connectivity index (χ3n) is 6.80. The molecule has 180 valence electrons. The Hall–Kier alpha value is -2.36. The van der Waals surface area contributed by atoms with Crippen molar-refractivity contribution >= 4 is 45.0 Å². The van der Waals surface area contributed by atoms with Crippen LogP contribution >= 0.6 is 11.8 Å². The number of nitrogens with zero attached hydrogens (tertiary/aromatic N) is 2. The van der Waals surface area contributed by atoms with E-state index in [1.807, 2.05) is 12.1 Å². The van der Waals surface area contributed by atoms with Crippen molar-refractivity contribution in [2.75, 3.05) is 35.6 Å². The van der Waals surface area contributed by atoms with Crippen LogP contribution in [0.2, 0.25) is 0 Å². The molecule has 5 rings (SSSR count). The number of hydrogen-bond donors (Lipinski definition) is 1. The molecule has 2 amide bonds. The Kier molecular flexibility index (Phi) is 6.68. The highest BCUT2D eigenvalue weighted by Gasteiger charge is 2.31. The summed E-state index contributed by atoms with van der Waals surface area (Å²) in [5, 5.41) is 3.00. The van der Waals surface area contributed by atoms with Gasteiger partial charge in [0.2, 0.25) is 21.8 Å². The number of sulfonamides is 1. The molecule has 7 nitrogen and oxygen atoms in total. The molecule has 0 bridgehead atoms. The lowest BCUT2D eigenvalue weighted by Crippen LogP contribution is -2.41. The van der Waals surface area contributed by atoms with Crippen LogP contribution in [0.25, 0.3) is 0 Å². The second kappa shape index (κ2) is 9.71. The minimum atomic E-state index is -3.64. The Morgan fingerprint density at radius 2 is 1.79 bits per heavy atom. The van der Waals surface area contributed by atoms with Crippen LogP contribution in [-0.4, -0.2) is 49.9 Å². The number of benzene rings is 2. The van der Waals surface area contributed by atoms with Gasteiger partial charge in [-0.15, -0.1) is 11.8 Å². The summed E-state index contributed by atoms with van der Waals surface area (Å²) >= 11 is 1.37. The number of piperidine rings is 1. The standard InChI is InChI=1S/C25H29N3O4S2/c29-24(26-21-10-6-8-18-7-2-3-9-20(18)21)16-28-22-15-19(11-12-23(22)33-17-25(28)30)34(31,32)27-13-4-1-5-14-27/h6,8,10-12,15H,1-5,7,9,13-14,16-17H2,(H,26,29). The van der Waals surface area contributed by atoms with E-state index in [-0.39, 0.29) is 29.0 Å². The molecule has 1 N–H and O–H groups in total. The first-order valence-electron chi connectivity index (χ1n) is 11.9. The fourth-order valence-corrected chi connectivity index (χ4v) is 7.46. The highest BCUT2D eigenvalue weighted by molar-refractivity contribution is 8.00. The van der Waals surface area contributed by atoms with Gasteiger partial charge in [0, 0.05) is 23.7 Å². The van der Waals surface area contributed by atoms with E-state index in [1.54, 1.807) is 18.2 Å². The van der Waals surface area contributed by atoms with Crippen molar-refractivity contribution in [1.82, 2.24) is 4.31 Å². The normalized spacial score (nSPS) is 18.8. The van der Waals surface area contributed by atoms with Crippen LogP contribution in [0, 0.1) is 0 Å². The molecule has 2 aliphatic heterocycles. The molecule has 3 aliphatic rings. The zero-order chi connectivity index (χ0) is 23.7. The van der Waals surface area contributed by atoms with Crippen LogP contribution in [0.15, 0.2) is 46.2 Å². The molecular weight excluding hydrogens is 470 g/mol. The molecule has 9 heteroatoms. The number of anilines is 2. The highest BCUT2D eigenvalue weighted by atomic mass is 32.2. The van der Waals surface area contributed by atoms with E-state index in [1.165, 1.54) is 32.1 Å². The summed E-state index contributed by atoms with van der Waals surface area (Å²) in [5.74, 6) is -0.260. The van der Waals surface area contributed by atoms with Gasteiger partial charge in [0.1, 0.15) is 6.54 Å². The monoisotopic (exact) mass is 499 g/mol. The zero-order valence-corrected chi connectivity index (χ0v) is 20.7. The number of aryl methyl sites for hydroxylation is 1. The lowest BCUT2D eigenvalue weighted by Gasteiger charge is -2.30. The fourth-order valence-electron chi connectivity index (χ4n) is 5.00. The summed E-state index contributed by atoms with van der Waals surface area (Å²) in [4.78, 5) is 28.2. The van der Waals surface area contributed by atoms with Gasteiger partial charge < -0.3 is 10.2 Å². The summed E-state index contributed by atoms with van der Waals surface area (Å²) in [6.45, 7) is 0.879. The Bertz CT molecular complexity index is 1220. The van der Waals surface area contributed by atoms with E-state index >= 15 is 0 Å². The van der Waals surface area contributed by atoms with Gasteiger partial charge in [0.15, 0.2) is 0 Å². The van der Waals surface area contributed by atoms with Gasteiger partial charge in [-0.1, -0.05) is 18.6 Å². The van der Waals surface area contributed by atoms with Gasteiger partial charge in [-0.25, -0.2) is 8.42 Å². The second-order valence-electron chi connectivity index (χ2n) is 9.06. The first-order valence-corrected chi connectivity index (χ1v) is 14.3. The average Bonchev–Trinajstić information content (AvgIpc) is 2.86. The summed E-state index contributed by atoms with van der Waals surface area (Å²) in [7, 11) is -3.64. The largest absolute Gasteiger partial charge is 0.324 e. The van der Waals surface area contributed by atoms with Crippen molar-refractivity contribution in [3.63, 3.8) is 0 Å². The third-order valence-corrected chi connectivity index (χ3v) is 9.74. The number of nitrogens with one attached hydrogen (secondary N) is 1. The summed E-state index contributed by atoms with van der Waals surface area (Å²) in [5.41, 5.74) is 3.75. The van der Waals surface area contributed by atoms with Crippen LogP contribution in [0.5, 0.6) is 0 Å². The van der Waals surface area contributed by atoms with Crippen molar-refractivity contribution in [3.05, 3.63) is 47.5 Å². The van der Waals surface area contributed by atoms with Gasteiger partial charge >= 0.3 is 0 Å². The second-order valence-corrected chi connectivity index (χ2v) is 12.0. The smallest absolute Gasteiger partial charge is 0.244 e. The van der Waals surface area contributed by atoms with E-state index in [9.17, 15) is 18.0 Å². The highest BCUT2D eigenvalue weighted by Crippen LogP contribution is 2.38. The Labute approximate surface area is 204 Å². The number of amides is 2. The van der Waals surface area contributed by atoms with E-state index in [4.69, 9.17) is 0 Å². The van der Waals surface area contributed by atoms with Gasteiger partial charge in [-0.3, -0.25) is 9.59 Å². The Morgan fingerprint density at radius 1 is 1.00 bits per heavy atom. The van der Waals surface area contributed by atoms with Crippen molar-refractivity contribution in [1.29, 1.82) is 0 Å². The van der Waals surface area contributed by atoms with Gasteiger partial charge in [0.05, 0.1) is 16.3 Å². The number of carbonyl (C=O) groups excluding carboxylic acids is 2. The van der Waals surface area contributed by atoms with Crippen LogP contribution < -0.4 is 10.2 Å². The zero-order valence-electron chi connectivity index (χ0n) is 19.1. The molecule has 34 heavy (non-hydrogen) atoms. The van der Waals surface area contributed by atoms with E-state index in [0.29, 0.717) is 18.8 Å². The maximum atomic E-state index is 13.2. The molecule has 0 aromatic heterocycles. The Morgan fingerprint density at radius 3 is 2.62 bits per heavy atom. The molecule has 1 fully saturated rings. The van der Waals surface area contributed by atoms with Crippen LogP contribution in [0.4, 0.5) is 11.4 Å². The number of hydrogen-bond acceptors (Lipinski definition) is 5. The van der Waals surface area contributed by atoms with Crippen molar-refractivity contribution in [3.8, 4) is 0 Å². The Balaban J connectivity index is 1.39. The summed E-state index contributed by atoms with van der Waals surface area (Å²) in [6.07, 6.45) is 6.96. The number of carbonyl (C=O) groups is 2. The molecule has 0 unspecified atom stereocenters. The van der Waals surface area contributed by atoms with E-state index in [2.05, 4.69) is 11.4 Å². The maximum absolute atomic E-state index is 13.2. The predicted octanol–water partition coefficient (Wildman–Crippen LogP) is 3.82. The summed E-state index contributed by atoms with van der Waals surface area (Å²) in [6, 6.07) is 10.9. The first-order chi connectivity index (χ1) is 16.4. The molecule has 0 radical (unpaired) electrons. The predicted molar refractivity (Wildman–Crippen MR) is 134 cm³/mol.